The van der Waals surface area contributed by atoms with Crippen LogP contribution in [0.25, 0.3) is 15.2 Å². The van der Waals surface area contributed by atoms with Crippen molar-refractivity contribution in [3.8, 4) is 0 Å². The molecule has 8 nitrogen and oxygen atoms in total. The highest BCUT2D eigenvalue weighted by molar-refractivity contribution is 7.20. The van der Waals surface area contributed by atoms with Crippen LogP contribution in [0.15, 0.2) is 16.9 Å². The predicted octanol–water partition coefficient (Wildman–Crippen LogP) is 3.19. The van der Waals surface area contributed by atoms with E-state index < -0.39 is 5.97 Å². The number of carbonyl (C=O) groups excluding carboxylic acids is 1. The van der Waals surface area contributed by atoms with E-state index in [0.29, 0.717) is 26.5 Å². The quantitative estimate of drug-likeness (QED) is 0.463. The molecule has 0 aliphatic heterocycles. The van der Waals surface area contributed by atoms with Crippen LogP contribution in [0.1, 0.15) is 39.9 Å². The number of rotatable bonds is 5. The summed E-state index contributed by atoms with van der Waals surface area (Å²) >= 11 is 2.61. The lowest BCUT2D eigenvalue weighted by Crippen LogP contribution is -2.14. The molecule has 4 heterocycles. The fourth-order valence-electron chi connectivity index (χ4n) is 2.90. The van der Waals surface area contributed by atoms with Gasteiger partial charge in [0.25, 0.3) is 5.56 Å². The minimum atomic E-state index is -0.410. The van der Waals surface area contributed by atoms with Gasteiger partial charge in [-0.3, -0.25) is 9.48 Å². The van der Waals surface area contributed by atoms with Crippen molar-refractivity contribution in [3.63, 3.8) is 0 Å². The minimum absolute atomic E-state index is 0.00328. The Morgan fingerprint density at radius 3 is 2.75 bits per heavy atom. The van der Waals surface area contributed by atoms with Gasteiger partial charge in [-0.15, -0.1) is 11.3 Å². The smallest absolute Gasteiger partial charge is 0.348 e. The van der Waals surface area contributed by atoms with E-state index in [1.807, 2.05) is 17.7 Å². The third-order valence-corrected chi connectivity index (χ3v) is 6.10. The molecule has 0 saturated carbocycles. The van der Waals surface area contributed by atoms with E-state index in [1.54, 1.807) is 6.92 Å². The number of aryl methyl sites for hydroxylation is 2. The van der Waals surface area contributed by atoms with Gasteiger partial charge in [-0.05, 0) is 25.8 Å². The van der Waals surface area contributed by atoms with Gasteiger partial charge < -0.3 is 4.74 Å². The van der Waals surface area contributed by atoms with Gasteiger partial charge in [0.1, 0.15) is 16.3 Å². The first-order valence-corrected chi connectivity index (χ1v) is 10.5. The fraction of sp³-hybridized carbons (Fsp3) is 0.389. The number of nitrogens with zero attached hydrogens (tertiary/aromatic N) is 5. The molecule has 0 amide bonds. The van der Waals surface area contributed by atoms with Crippen LogP contribution < -0.4 is 5.56 Å². The second-order valence-corrected chi connectivity index (χ2v) is 9.06. The molecule has 4 aromatic rings. The molecule has 28 heavy (non-hydrogen) atoms. The third kappa shape index (κ3) is 3.45. The van der Waals surface area contributed by atoms with Crippen molar-refractivity contribution in [2.75, 3.05) is 0 Å². The van der Waals surface area contributed by atoms with Crippen molar-refractivity contribution in [2.24, 2.45) is 5.92 Å². The Morgan fingerprint density at radius 1 is 1.21 bits per heavy atom. The monoisotopic (exact) mass is 417 g/mol. The number of fused-ring (bicyclic) bond motifs is 2. The van der Waals surface area contributed by atoms with Crippen molar-refractivity contribution in [1.82, 2.24) is 24.4 Å². The molecular formula is C18H19N5O3S2. The highest BCUT2D eigenvalue weighted by Gasteiger charge is 2.18. The van der Waals surface area contributed by atoms with Crippen LogP contribution in [0, 0.1) is 19.8 Å². The Morgan fingerprint density at radius 2 is 2.00 bits per heavy atom. The summed E-state index contributed by atoms with van der Waals surface area (Å²) < 4.78 is 8.60. The zero-order chi connectivity index (χ0) is 20.0. The van der Waals surface area contributed by atoms with Gasteiger partial charge in [0.2, 0.25) is 4.96 Å². The van der Waals surface area contributed by atoms with E-state index >= 15 is 0 Å². The zero-order valence-electron chi connectivity index (χ0n) is 15.9. The van der Waals surface area contributed by atoms with Crippen LogP contribution in [-0.2, 0) is 17.9 Å². The van der Waals surface area contributed by atoms with E-state index in [-0.39, 0.29) is 12.2 Å². The summed E-state index contributed by atoms with van der Waals surface area (Å²) in [5.41, 5.74) is 1.29. The number of carbonyl (C=O) groups is 1. The van der Waals surface area contributed by atoms with E-state index in [0.717, 1.165) is 22.5 Å². The summed E-state index contributed by atoms with van der Waals surface area (Å²) in [6, 6.07) is 3.25. The largest absolute Gasteiger partial charge is 0.454 e. The molecular weight excluding hydrogens is 398 g/mol. The molecule has 0 N–H and O–H groups in total. The van der Waals surface area contributed by atoms with Crippen molar-refractivity contribution >= 4 is 43.8 Å². The molecule has 0 aromatic carbocycles. The maximum atomic E-state index is 12.5. The van der Waals surface area contributed by atoms with Crippen LogP contribution in [0.2, 0.25) is 0 Å². The van der Waals surface area contributed by atoms with Gasteiger partial charge in [0.05, 0.1) is 5.69 Å². The normalized spacial score (nSPS) is 11.8. The van der Waals surface area contributed by atoms with Crippen LogP contribution >= 0.6 is 22.7 Å². The lowest BCUT2D eigenvalue weighted by atomic mass is 10.2. The summed E-state index contributed by atoms with van der Waals surface area (Å²) in [6.07, 6.45) is 0. The van der Waals surface area contributed by atoms with E-state index in [2.05, 4.69) is 29.0 Å². The summed E-state index contributed by atoms with van der Waals surface area (Å²) in [4.78, 5) is 30.7. The Labute approximate surface area is 168 Å². The molecule has 0 unspecified atom stereocenters. The number of thiophene rings is 1. The number of ether oxygens (including phenoxy) is 1. The van der Waals surface area contributed by atoms with Crippen molar-refractivity contribution in [3.05, 3.63) is 43.8 Å². The van der Waals surface area contributed by atoms with Gasteiger partial charge in [0.15, 0.2) is 5.01 Å². The number of aromatic nitrogens is 5. The highest BCUT2D eigenvalue weighted by Crippen LogP contribution is 2.29. The van der Waals surface area contributed by atoms with Crippen molar-refractivity contribution in [2.45, 2.75) is 40.8 Å². The lowest BCUT2D eigenvalue weighted by molar-refractivity contribution is 0.0477. The molecule has 10 heteroatoms. The molecule has 0 spiro atoms. The van der Waals surface area contributed by atoms with Crippen LogP contribution in [0.3, 0.4) is 0 Å². The van der Waals surface area contributed by atoms with Crippen molar-refractivity contribution in [1.29, 1.82) is 0 Å². The number of esters is 1. The molecule has 0 aliphatic rings. The van der Waals surface area contributed by atoms with Gasteiger partial charge >= 0.3 is 5.97 Å². The van der Waals surface area contributed by atoms with Gasteiger partial charge in [-0.25, -0.2) is 9.78 Å². The average molecular weight is 418 g/mol. The number of hydrogen-bond donors (Lipinski definition) is 0. The highest BCUT2D eigenvalue weighted by atomic mass is 32.1. The predicted molar refractivity (Wildman–Crippen MR) is 108 cm³/mol. The average Bonchev–Trinajstić information content (AvgIpc) is 3.28. The Kier molecular flexibility index (Phi) is 4.76. The van der Waals surface area contributed by atoms with Gasteiger partial charge in [0, 0.05) is 23.7 Å². The Bertz CT molecular complexity index is 1250. The van der Waals surface area contributed by atoms with E-state index in [9.17, 15) is 9.59 Å². The van der Waals surface area contributed by atoms with Crippen LogP contribution in [0.4, 0.5) is 0 Å². The zero-order valence-corrected chi connectivity index (χ0v) is 17.6. The SMILES string of the molecule is Cc1cc(=O)n2nc(COC(=O)c3cc4c(C)nn(CC(C)C)c4s3)sc2n1. The molecule has 0 radical (unpaired) electrons. The van der Waals surface area contributed by atoms with Crippen molar-refractivity contribution < 1.29 is 9.53 Å². The summed E-state index contributed by atoms with van der Waals surface area (Å²) in [5, 5.41) is 10.2. The minimum Gasteiger partial charge on any atom is -0.454 e. The molecule has 0 atom stereocenters. The lowest BCUT2D eigenvalue weighted by Gasteiger charge is -2.04. The summed E-state index contributed by atoms with van der Waals surface area (Å²) in [5.74, 6) is 0.0483. The molecule has 146 valence electrons. The maximum absolute atomic E-state index is 12.5. The standard InChI is InChI=1S/C18H19N5O3S2/c1-9(2)7-22-16-12(11(4)20-22)6-13(27-16)17(25)26-8-14-21-23-15(24)5-10(3)19-18(23)28-14/h5-6,9H,7-8H2,1-4H3. The molecule has 4 aromatic heterocycles. The fourth-order valence-corrected chi connectivity index (χ4v) is 4.82. The van der Waals surface area contributed by atoms with E-state index in [1.165, 1.54) is 33.3 Å². The molecule has 0 fully saturated rings. The van der Waals surface area contributed by atoms with Crippen LogP contribution in [-0.4, -0.2) is 30.3 Å². The molecule has 0 aliphatic carbocycles. The molecule has 0 bridgehead atoms. The Hall–Kier alpha value is -2.59. The molecule has 0 saturated heterocycles. The summed E-state index contributed by atoms with van der Waals surface area (Å²) in [7, 11) is 0. The van der Waals surface area contributed by atoms with E-state index in [4.69, 9.17) is 4.74 Å². The second kappa shape index (κ2) is 7.10. The van der Waals surface area contributed by atoms with Crippen LogP contribution in [0.5, 0.6) is 0 Å². The first-order valence-electron chi connectivity index (χ1n) is 8.82. The molecule has 4 rings (SSSR count). The maximum Gasteiger partial charge on any atom is 0.348 e. The summed E-state index contributed by atoms with van der Waals surface area (Å²) in [6.45, 7) is 8.75. The third-order valence-electron chi connectivity index (χ3n) is 4.09. The van der Waals surface area contributed by atoms with Gasteiger partial charge in [-0.1, -0.05) is 25.2 Å². The van der Waals surface area contributed by atoms with Gasteiger partial charge in [-0.2, -0.15) is 14.7 Å². The first-order chi connectivity index (χ1) is 13.3. The first kappa shape index (κ1) is 18.8. The Balaban J connectivity index is 1.54. The topological polar surface area (TPSA) is 91.4 Å². The second-order valence-electron chi connectivity index (χ2n) is 6.99. The number of hydrogen-bond acceptors (Lipinski definition) is 8.